The van der Waals surface area contributed by atoms with Crippen LogP contribution in [0, 0.1) is 11.8 Å². The minimum absolute atomic E-state index is 0.499. The van der Waals surface area contributed by atoms with Crippen LogP contribution in [0.4, 0.5) is 0 Å². The van der Waals surface area contributed by atoms with E-state index >= 15 is 0 Å². The second-order valence-electron chi connectivity index (χ2n) is 5.66. The van der Waals surface area contributed by atoms with Crippen molar-refractivity contribution in [1.82, 2.24) is 0 Å². The summed E-state index contributed by atoms with van der Waals surface area (Å²) in [6, 6.07) is 10.6. The van der Waals surface area contributed by atoms with E-state index in [1.807, 2.05) is 0 Å². The Morgan fingerprint density at radius 3 is 2.78 bits per heavy atom. The van der Waals surface area contributed by atoms with Gasteiger partial charge in [0.15, 0.2) is 0 Å². The maximum Gasteiger partial charge on any atom is 0.0643 e. The molecule has 2 aliphatic rings. The van der Waals surface area contributed by atoms with Gasteiger partial charge in [-0.25, -0.2) is 0 Å². The monoisotopic (exact) mass is 242 g/mol. The summed E-state index contributed by atoms with van der Waals surface area (Å²) in [4.78, 5) is 0. The lowest BCUT2D eigenvalue weighted by molar-refractivity contribution is 0.0314. The summed E-state index contributed by atoms with van der Waals surface area (Å²) < 4.78 is 6.13. The second kappa shape index (κ2) is 5.27. The van der Waals surface area contributed by atoms with Crippen molar-refractivity contribution in [3.05, 3.63) is 47.5 Å². The van der Waals surface area contributed by atoms with E-state index in [2.05, 4.69) is 43.3 Å². The van der Waals surface area contributed by atoms with Crippen molar-refractivity contribution in [2.24, 2.45) is 11.8 Å². The van der Waals surface area contributed by atoms with Crippen molar-refractivity contribution >= 4 is 0 Å². The molecule has 1 aromatic carbocycles. The summed E-state index contributed by atoms with van der Waals surface area (Å²) in [6.45, 7) is 3.05. The molecule has 18 heavy (non-hydrogen) atoms. The third-order valence-corrected chi connectivity index (χ3v) is 4.54. The van der Waals surface area contributed by atoms with Crippen LogP contribution in [0.5, 0.6) is 0 Å². The fourth-order valence-corrected chi connectivity index (χ4v) is 3.63. The van der Waals surface area contributed by atoms with Gasteiger partial charge in [0.2, 0.25) is 0 Å². The first kappa shape index (κ1) is 12.0. The average Bonchev–Trinajstić information content (AvgIpc) is 2.99. The molecule has 1 heteroatoms. The fraction of sp³-hybridized carbons (Fsp3) is 0.529. The lowest BCUT2D eigenvalue weighted by Gasteiger charge is -2.24. The Morgan fingerprint density at radius 1 is 1.22 bits per heavy atom. The summed E-state index contributed by atoms with van der Waals surface area (Å²) in [7, 11) is 0. The number of fused-ring (bicyclic) bond motifs is 2. The smallest absolute Gasteiger partial charge is 0.0643 e. The molecule has 96 valence electrons. The van der Waals surface area contributed by atoms with Crippen LogP contribution >= 0.6 is 0 Å². The zero-order valence-electron chi connectivity index (χ0n) is 11.1. The number of benzene rings is 1. The summed E-state index contributed by atoms with van der Waals surface area (Å²) in [5, 5.41) is 0. The topological polar surface area (TPSA) is 9.23 Å². The van der Waals surface area contributed by atoms with Crippen LogP contribution < -0.4 is 0 Å². The molecule has 0 N–H and O–H groups in total. The Bertz CT molecular complexity index is 420. The van der Waals surface area contributed by atoms with Gasteiger partial charge >= 0.3 is 0 Å². The summed E-state index contributed by atoms with van der Waals surface area (Å²) in [5.74, 6) is 1.64. The molecule has 0 heterocycles. The molecule has 2 fully saturated rings. The highest BCUT2D eigenvalue weighted by Crippen LogP contribution is 2.49. The minimum atomic E-state index is 0.499. The van der Waals surface area contributed by atoms with Crippen molar-refractivity contribution in [2.45, 2.75) is 38.7 Å². The van der Waals surface area contributed by atoms with Gasteiger partial charge < -0.3 is 4.74 Å². The molecule has 2 bridgehead atoms. The molecule has 0 saturated heterocycles. The van der Waals surface area contributed by atoms with Crippen molar-refractivity contribution in [1.29, 1.82) is 0 Å². The van der Waals surface area contributed by atoms with Crippen molar-refractivity contribution in [3.8, 4) is 0 Å². The molecule has 3 atom stereocenters. The van der Waals surface area contributed by atoms with Gasteiger partial charge in [-0.05, 0) is 44.1 Å². The van der Waals surface area contributed by atoms with Crippen LogP contribution in [0.1, 0.15) is 31.7 Å². The number of ether oxygens (including phenoxy) is 1. The number of rotatable bonds is 4. The Balaban J connectivity index is 1.50. The van der Waals surface area contributed by atoms with Crippen LogP contribution in [0.3, 0.4) is 0 Å². The maximum atomic E-state index is 6.13. The third kappa shape index (κ3) is 2.37. The molecule has 1 aromatic rings. The fourth-order valence-electron chi connectivity index (χ4n) is 3.63. The summed E-state index contributed by atoms with van der Waals surface area (Å²) in [5.41, 5.74) is 3.03. The highest BCUT2D eigenvalue weighted by Gasteiger charge is 2.42. The van der Waals surface area contributed by atoms with E-state index in [0.717, 1.165) is 24.9 Å². The highest BCUT2D eigenvalue weighted by molar-refractivity contribution is 5.19. The Labute approximate surface area is 110 Å². The van der Waals surface area contributed by atoms with E-state index in [9.17, 15) is 0 Å². The van der Waals surface area contributed by atoms with E-state index in [1.54, 1.807) is 5.57 Å². The summed E-state index contributed by atoms with van der Waals surface area (Å²) >= 11 is 0. The molecule has 1 nitrogen and oxygen atoms in total. The minimum Gasteiger partial charge on any atom is -0.377 e. The highest BCUT2D eigenvalue weighted by atomic mass is 16.5. The molecular formula is C17H22O. The molecule has 0 amide bonds. The predicted octanol–water partition coefficient (Wildman–Crippen LogP) is 3.99. The first-order chi connectivity index (χ1) is 8.86. The molecule has 3 unspecified atom stereocenters. The van der Waals surface area contributed by atoms with Crippen molar-refractivity contribution in [3.63, 3.8) is 0 Å². The molecule has 3 rings (SSSR count). The van der Waals surface area contributed by atoms with Gasteiger partial charge in [0, 0.05) is 5.92 Å². The van der Waals surface area contributed by atoms with Gasteiger partial charge in [-0.3, -0.25) is 0 Å². The predicted molar refractivity (Wildman–Crippen MR) is 74.5 cm³/mol. The van der Waals surface area contributed by atoms with E-state index in [1.165, 1.54) is 24.8 Å². The van der Waals surface area contributed by atoms with E-state index < -0.39 is 0 Å². The lowest BCUT2D eigenvalue weighted by atomic mass is 9.92. The van der Waals surface area contributed by atoms with E-state index in [4.69, 9.17) is 4.74 Å². The van der Waals surface area contributed by atoms with Gasteiger partial charge in [-0.1, -0.05) is 42.0 Å². The van der Waals surface area contributed by atoms with Crippen molar-refractivity contribution in [2.75, 3.05) is 6.61 Å². The zero-order valence-corrected chi connectivity index (χ0v) is 11.1. The zero-order chi connectivity index (χ0) is 12.4. The first-order valence-corrected chi connectivity index (χ1v) is 7.17. The van der Waals surface area contributed by atoms with Gasteiger partial charge in [0.25, 0.3) is 0 Å². The molecule has 2 saturated carbocycles. The number of hydrogen-bond acceptors (Lipinski definition) is 1. The van der Waals surface area contributed by atoms with Gasteiger partial charge in [0.1, 0.15) is 0 Å². The lowest BCUT2D eigenvalue weighted by Crippen LogP contribution is -2.23. The molecular weight excluding hydrogens is 220 g/mol. The number of allylic oxidation sites excluding steroid dienone is 1. The van der Waals surface area contributed by atoms with E-state index in [0.29, 0.717) is 6.10 Å². The number of hydrogen-bond donors (Lipinski definition) is 0. The second-order valence-corrected chi connectivity index (χ2v) is 5.66. The van der Waals surface area contributed by atoms with Gasteiger partial charge in [-0.2, -0.15) is 0 Å². The molecule has 0 radical (unpaired) electrons. The van der Waals surface area contributed by atoms with Crippen LogP contribution in [-0.4, -0.2) is 12.7 Å². The van der Waals surface area contributed by atoms with Crippen LogP contribution in [0.15, 0.2) is 42.0 Å². The SMILES string of the molecule is CC=C1CC2CC(OCCc3ccccc3)C1C2. The van der Waals surface area contributed by atoms with Crippen LogP contribution in [0.25, 0.3) is 0 Å². The van der Waals surface area contributed by atoms with Crippen molar-refractivity contribution < 1.29 is 4.74 Å². The molecule has 0 aromatic heterocycles. The van der Waals surface area contributed by atoms with Crippen LogP contribution in [0.2, 0.25) is 0 Å². The molecule has 0 aliphatic heterocycles. The largest absolute Gasteiger partial charge is 0.377 e. The molecule has 0 spiro atoms. The Hall–Kier alpha value is -1.08. The van der Waals surface area contributed by atoms with Gasteiger partial charge in [0.05, 0.1) is 12.7 Å². The quantitative estimate of drug-likeness (QED) is 0.725. The first-order valence-electron chi connectivity index (χ1n) is 7.17. The Morgan fingerprint density at radius 2 is 2.06 bits per heavy atom. The Kier molecular flexibility index (Phi) is 3.51. The van der Waals surface area contributed by atoms with Crippen LogP contribution in [-0.2, 0) is 11.2 Å². The summed E-state index contributed by atoms with van der Waals surface area (Å²) in [6.07, 6.45) is 7.85. The van der Waals surface area contributed by atoms with E-state index in [-0.39, 0.29) is 0 Å². The van der Waals surface area contributed by atoms with Gasteiger partial charge in [-0.15, -0.1) is 0 Å². The normalized spacial score (nSPS) is 32.3. The maximum absolute atomic E-state index is 6.13. The standard InChI is InChI=1S/C17H22O/c1-2-15-10-14-11-16(15)17(12-14)18-9-8-13-6-4-3-5-7-13/h2-7,14,16-17H,8-12H2,1H3. The third-order valence-electron chi connectivity index (χ3n) is 4.54. The average molecular weight is 242 g/mol. The molecule has 2 aliphatic carbocycles.